The van der Waals surface area contributed by atoms with Crippen LogP contribution in [0.5, 0.6) is 0 Å². The second kappa shape index (κ2) is 3.32. The van der Waals surface area contributed by atoms with Crippen LogP contribution in [0, 0.1) is 0 Å². The molecule has 1 rings (SSSR count). The van der Waals surface area contributed by atoms with Crippen LogP contribution in [0.4, 0.5) is 0 Å². The van der Waals surface area contributed by atoms with Crippen molar-refractivity contribution in [1.29, 1.82) is 0 Å². The molecule has 0 bridgehead atoms. The quantitative estimate of drug-likeness (QED) is 0.447. The van der Waals surface area contributed by atoms with Crippen molar-refractivity contribution in [2.24, 2.45) is 9.98 Å². The van der Waals surface area contributed by atoms with Crippen molar-refractivity contribution in [3.05, 3.63) is 0 Å². The minimum atomic E-state index is 0.272. The summed E-state index contributed by atoms with van der Waals surface area (Å²) in [7, 11) is 0. The zero-order valence-electron chi connectivity index (χ0n) is 4.33. The Morgan fingerprint density at radius 1 is 1.12 bits per heavy atom. The van der Waals surface area contributed by atoms with E-state index in [4.69, 9.17) is 9.47 Å². The van der Waals surface area contributed by atoms with Crippen LogP contribution in [0.3, 0.4) is 0 Å². The summed E-state index contributed by atoms with van der Waals surface area (Å²) in [6.07, 6.45) is 0. The fourth-order valence-electron chi connectivity index (χ4n) is 0.332. The molecule has 1 aliphatic heterocycles. The average molecular weight is 114 g/mol. The highest BCUT2D eigenvalue weighted by molar-refractivity contribution is 5.40. The first-order valence-electron chi connectivity index (χ1n) is 2.23. The van der Waals surface area contributed by atoms with Gasteiger partial charge in [0.05, 0.1) is 6.01 Å². The Morgan fingerprint density at radius 3 is 2.38 bits per heavy atom. The Balaban J connectivity index is 2.36. The molecule has 4 nitrogen and oxygen atoms in total. The number of rotatable bonds is 0. The highest BCUT2D eigenvalue weighted by atomic mass is 16.7. The molecule has 0 spiro atoms. The van der Waals surface area contributed by atoms with E-state index in [2.05, 4.69) is 16.0 Å². The van der Waals surface area contributed by atoms with Gasteiger partial charge in [0.15, 0.2) is 20.3 Å². The molecule has 0 aromatic carbocycles. The van der Waals surface area contributed by atoms with E-state index in [0.717, 1.165) is 0 Å². The van der Waals surface area contributed by atoms with Crippen LogP contribution in [-0.2, 0) is 9.47 Å². The van der Waals surface area contributed by atoms with Gasteiger partial charge in [-0.15, -0.1) is 0 Å². The highest BCUT2D eigenvalue weighted by Crippen LogP contribution is 1.81. The maximum Gasteiger partial charge on any atom is 0.151 e. The van der Waals surface area contributed by atoms with Gasteiger partial charge in [0.25, 0.3) is 0 Å². The van der Waals surface area contributed by atoms with Gasteiger partial charge >= 0.3 is 0 Å². The molecular formula is C4H6N2O2. The molecule has 0 radical (unpaired) electrons. The van der Waals surface area contributed by atoms with E-state index >= 15 is 0 Å². The Morgan fingerprint density at radius 2 is 1.75 bits per heavy atom. The van der Waals surface area contributed by atoms with Gasteiger partial charge in [-0.1, -0.05) is 0 Å². The summed E-state index contributed by atoms with van der Waals surface area (Å²) in [4.78, 5) is 7.22. The Hall–Kier alpha value is -0.700. The molecule has 0 saturated carbocycles. The van der Waals surface area contributed by atoms with Crippen LogP contribution in [0.2, 0.25) is 0 Å². The fourth-order valence-corrected chi connectivity index (χ4v) is 0.332. The number of hydrogen-bond donors (Lipinski definition) is 0. The zero-order chi connectivity index (χ0) is 5.66. The minimum absolute atomic E-state index is 0.272. The van der Waals surface area contributed by atoms with Gasteiger partial charge < -0.3 is 9.47 Å². The van der Waals surface area contributed by atoms with E-state index < -0.39 is 0 Å². The summed E-state index contributed by atoms with van der Waals surface area (Å²) in [6, 6.07) is 2.39. The van der Waals surface area contributed by atoms with Crippen LogP contribution in [0.15, 0.2) is 9.98 Å². The molecule has 0 unspecified atom stereocenters. The Labute approximate surface area is 46.8 Å². The summed E-state index contributed by atoms with van der Waals surface area (Å²) in [6.45, 7) is 0.863. The van der Waals surface area contributed by atoms with Crippen molar-refractivity contribution in [1.82, 2.24) is 0 Å². The Bertz CT molecular complexity index is 107. The summed E-state index contributed by atoms with van der Waals surface area (Å²) in [5.41, 5.74) is 0. The maximum absolute atomic E-state index is 4.76. The lowest BCUT2D eigenvalue weighted by molar-refractivity contribution is -0.0501. The van der Waals surface area contributed by atoms with Gasteiger partial charge in [-0.2, -0.15) is 9.98 Å². The highest BCUT2D eigenvalue weighted by Gasteiger charge is 1.85. The molecule has 0 fully saturated rings. The van der Waals surface area contributed by atoms with Crippen LogP contribution in [0.1, 0.15) is 0 Å². The van der Waals surface area contributed by atoms with E-state index in [1.807, 2.05) is 0 Å². The molecule has 0 atom stereocenters. The van der Waals surface area contributed by atoms with Crippen LogP contribution >= 0.6 is 0 Å². The molecule has 0 aromatic rings. The monoisotopic (exact) mass is 114 g/mol. The smallest absolute Gasteiger partial charge is 0.151 e. The third-order valence-corrected chi connectivity index (χ3v) is 0.620. The van der Waals surface area contributed by atoms with Crippen molar-refractivity contribution in [2.45, 2.75) is 0 Å². The second-order valence-electron chi connectivity index (χ2n) is 1.20. The lowest BCUT2D eigenvalue weighted by Crippen LogP contribution is -2.01. The molecule has 4 heteroatoms. The topological polar surface area (TPSA) is 43.2 Å². The number of hydrogen-bond acceptors (Lipinski definition) is 4. The van der Waals surface area contributed by atoms with Crippen LogP contribution in [-0.4, -0.2) is 26.3 Å². The number of nitrogens with zero attached hydrogens (tertiary/aromatic N) is 2. The molecule has 0 aromatic heterocycles. The predicted octanol–water partition coefficient (Wildman–Crippen LogP) is 0.0796. The number of ether oxygens (including phenoxy) is 2. The molecule has 0 N–H and O–H groups in total. The Kier molecular flexibility index (Phi) is 2.26. The summed E-state index contributed by atoms with van der Waals surface area (Å²) >= 11 is 0. The molecule has 1 heterocycles. The van der Waals surface area contributed by atoms with Crippen molar-refractivity contribution in [3.63, 3.8) is 0 Å². The van der Waals surface area contributed by atoms with Crippen molar-refractivity contribution in [3.8, 4) is 0 Å². The average Bonchev–Trinajstić information content (AvgIpc) is 1.62. The van der Waals surface area contributed by atoms with Gasteiger partial charge in [-0.05, 0) is 0 Å². The van der Waals surface area contributed by atoms with Gasteiger partial charge in [0.1, 0.15) is 0 Å². The first kappa shape index (κ1) is 5.44. The normalized spacial score (nSPS) is 20.0. The van der Waals surface area contributed by atoms with Crippen molar-refractivity contribution >= 4 is 6.01 Å². The van der Waals surface area contributed by atoms with Crippen molar-refractivity contribution < 1.29 is 9.47 Å². The lowest BCUT2D eigenvalue weighted by Gasteiger charge is -1.99. The molecule has 0 aliphatic carbocycles. The lowest BCUT2D eigenvalue weighted by atomic mass is 11.1. The number of aliphatic imine (C=N–C) groups is 2. The minimum Gasteiger partial charge on any atom is -0.332 e. The SMILES string of the molecule is C1=NCOCOCN=1. The van der Waals surface area contributed by atoms with E-state index in [0.29, 0.717) is 13.5 Å². The van der Waals surface area contributed by atoms with E-state index in [1.54, 1.807) is 0 Å². The third kappa shape index (κ3) is 1.84. The zero-order valence-corrected chi connectivity index (χ0v) is 4.33. The molecule has 1 aliphatic rings. The van der Waals surface area contributed by atoms with E-state index in [-0.39, 0.29) is 6.79 Å². The van der Waals surface area contributed by atoms with Gasteiger partial charge in [-0.25, -0.2) is 0 Å². The first-order valence-corrected chi connectivity index (χ1v) is 2.23. The third-order valence-electron chi connectivity index (χ3n) is 0.620. The molecule has 44 valence electrons. The predicted molar refractivity (Wildman–Crippen MR) is 26.6 cm³/mol. The van der Waals surface area contributed by atoms with Gasteiger partial charge in [0, 0.05) is 0 Å². The van der Waals surface area contributed by atoms with Crippen LogP contribution in [0.25, 0.3) is 0 Å². The van der Waals surface area contributed by atoms with Gasteiger partial charge in [0.2, 0.25) is 0 Å². The molecule has 0 amide bonds. The first-order chi connectivity index (χ1) is 4.00. The largest absolute Gasteiger partial charge is 0.332 e. The summed E-state index contributed by atoms with van der Waals surface area (Å²) < 4.78 is 9.53. The molecular weight excluding hydrogens is 108 g/mol. The standard InChI is InChI=1S/C4H6N2O2/c1-5-2-7-4-8-3-6-1/h2-4H2. The van der Waals surface area contributed by atoms with E-state index in [1.165, 1.54) is 0 Å². The summed E-state index contributed by atoms with van der Waals surface area (Å²) in [5, 5.41) is 0. The maximum atomic E-state index is 4.76. The van der Waals surface area contributed by atoms with Gasteiger partial charge in [-0.3, -0.25) is 0 Å². The molecule has 8 heavy (non-hydrogen) atoms. The van der Waals surface area contributed by atoms with Crippen molar-refractivity contribution in [2.75, 3.05) is 20.3 Å². The molecule has 0 saturated heterocycles. The van der Waals surface area contributed by atoms with E-state index in [9.17, 15) is 0 Å². The summed E-state index contributed by atoms with van der Waals surface area (Å²) in [5.74, 6) is 0. The van der Waals surface area contributed by atoms with Crippen LogP contribution < -0.4 is 0 Å². The second-order valence-corrected chi connectivity index (χ2v) is 1.20. The fraction of sp³-hybridized carbons (Fsp3) is 0.750.